The molecular formula is C12H11FN2O4. The molecule has 0 unspecified atom stereocenters. The Labute approximate surface area is 106 Å². The van der Waals surface area contributed by atoms with Gasteiger partial charge in [-0.3, -0.25) is 9.78 Å². The topological polar surface area (TPSA) is 84.3 Å². The summed E-state index contributed by atoms with van der Waals surface area (Å²) in [6.45, 7) is 1.37. The molecule has 0 saturated carbocycles. The van der Waals surface area contributed by atoms with Crippen molar-refractivity contribution in [2.24, 2.45) is 0 Å². The number of ether oxygens (including phenoxy) is 1. The standard InChI is InChI=1S/C12H11FN2O4/c1-6-10(16)14-12(18)15(11(6)17)7-3-4-8(13)9(5-7)19-2/h3-5,17H,1-2H3,(H,14,16,18). The molecule has 2 N–H and O–H groups in total. The maximum Gasteiger partial charge on any atom is 0.335 e. The van der Waals surface area contributed by atoms with Gasteiger partial charge in [0, 0.05) is 6.07 Å². The number of nitrogens with zero attached hydrogens (tertiary/aromatic N) is 1. The van der Waals surface area contributed by atoms with Gasteiger partial charge in [-0.25, -0.2) is 13.8 Å². The Balaban J connectivity index is 2.76. The Morgan fingerprint density at radius 1 is 1.37 bits per heavy atom. The fraction of sp³-hybridized carbons (Fsp3) is 0.167. The third-order valence-electron chi connectivity index (χ3n) is 2.70. The molecule has 100 valence electrons. The van der Waals surface area contributed by atoms with Crippen molar-refractivity contribution >= 4 is 0 Å². The predicted octanol–water partition coefficient (Wildman–Crippen LogP) is 0.688. The summed E-state index contributed by atoms with van der Waals surface area (Å²) >= 11 is 0. The first-order valence-electron chi connectivity index (χ1n) is 5.34. The lowest BCUT2D eigenvalue weighted by molar-refractivity contribution is 0.385. The summed E-state index contributed by atoms with van der Waals surface area (Å²) in [6, 6.07) is 3.63. The molecule has 0 amide bonds. The van der Waals surface area contributed by atoms with Crippen LogP contribution < -0.4 is 16.0 Å². The zero-order valence-electron chi connectivity index (χ0n) is 10.2. The van der Waals surface area contributed by atoms with Crippen LogP contribution >= 0.6 is 0 Å². The summed E-state index contributed by atoms with van der Waals surface area (Å²) in [6.07, 6.45) is 0. The monoisotopic (exact) mass is 266 g/mol. The first kappa shape index (κ1) is 12.9. The van der Waals surface area contributed by atoms with E-state index in [2.05, 4.69) is 4.98 Å². The maximum atomic E-state index is 13.3. The van der Waals surface area contributed by atoms with Gasteiger partial charge in [0.25, 0.3) is 5.56 Å². The SMILES string of the molecule is COc1cc(-n2c(O)c(C)c(=O)[nH]c2=O)ccc1F. The fourth-order valence-electron chi connectivity index (χ4n) is 1.64. The summed E-state index contributed by atoms with van der Waals surface area (Å²) < 4.78 is 19.0. The smallest absolute Gasteiger partial charge is 0.335 e. The first-order chi connectivity index (χ1) is 8.95. The van der Waals surface area contributed by atoms with Crippen molar-refractivity contribution < 1.29 is 14.2 Å². The van der Waals surface area contributed by atoms with E-state index in [0.29, 0.717) is 0 Å². The molecule has 1 heterocycles. The third-order valence-corrected chi connectivity index (χ3v) is 2.70. The van der Waals surface area contributed by atoms with Gasteiger partial charge in [0.05, 0.1) is 18.4 Å². The zero-order chi connectivity index (χ0) is 14.2. The molecule has 0 bridgehead atoms. The zero-order valence-corrected chi connectivity index (χ0v) is 10.2. The van der Waals surface area contributed by atoms with Crippen molar-refractivity contribution in [3.8, 4) is 17.3 Å². The second-order valence-electron chi connectivity index (χ2n) is 3.86. The number of methoxy groups -OCH3 is 1. The van der Waals surface area contributed by atoms with E-state index in [4.69, 9.17) is 4.74 Å². The second kappa shape index (κ2) is 4.60. The summed E-state index contributed by atoms with van der Waals surface area (Å²) in [5.41, 5.74) is -1.32. The summed E-state index contributed by atoms with van der Waals surface area (Å²) in [5, 5.41) is 9.85. The number of halogens is 1. The van der Waals surface area contributed by atoms with E-state index in [9.17, 15) is 19.1 Å². The van der Waals surface area contributed by atoms with Crippen LogP contribution in [0, 0.1) is 12.7 Å². The van der Waals surface area contributed by atoms with Crippen molar-refractivity contribution in [2.45, 2.75) is 6.92 Å². The third kappa shape index (κ3) is 2.10. The molecule has 1 aromatic carbocycles. The van der Waals surface area contributed by atoms with Crippen LogP contribution in [0.1, 0.15) is 5.56 Å². The Morgan fingerprint density at radius 2 is 2.05 bits per heavy atom. The molecular weight excluding hydrogens is 255 g/mol. The van der Waals surface area contributed by atoms with Gasteiger partial charge in [-0.05, 0) is 19.1 Å². The van der Waals surface area contributed by atoms with Gasteiger partial charge in [-0.1, -0.05) is 0 Å². The fourth-order valence-corrected chi connectivity index (χ4v) is 1.64. The molecule has 0 fully saturated rings. The lowest BCUT2D eigenvalue weighted by atomic mass is 10.2. The minimum absolute atomic E-state index is 0.0112. The van der Waals surface area contributed by atoms with Crippen molar-refractivity contribution in [3.05, 3.63) is 50.4 Å². The van der Waals surface area contributed by atoms with E-state index >= 15 is 0 Å². The van der Waals surface area contributed by atoms with Crippen molar-refractivity contribution in [1.82, 2.24) is 9.55 Å². The van der Waals surface area contributed by atoms with Crippen LogP contribution in [-0.4, -0.2) is 21.8 Å². The largest absolute Gasteiger partial charge is 0.494 e. The number of hydrogen-bond donors (Lipinski definition) is 2. The average molecular weight is 266 g/mol. The van der Waals surface area contributed by atoms with Crippen LogP contribution in [0.5, 0.6) is 11.6 Å². The number of aromatic hydroxyl groups is 1. The molecule has 2 rings (SSSR count). The van der Waals surface area contributed by atoms with E-state index in [1.807, 2.05) is 0 Å². The quantitative estimate of drug-likeness (QED) is 0.837. The van der Waals surface area contributed by atoms with E-state index in [0.717, 1.165) is 10.6 Å². The normalized spacial score (nSPS) is 10.5. The summed E-state index contributed by atoms with van der Waals surface area (Å²) in [5.74, 6) is -1.17. The predicted molar refractivity (Wildman–Crippen MR) is 65.6 cm³/mol. The Morgan fingerprint density at radius 3 is 2.68 bits per heavy atom. The van der Waals surface area contributed by atoms with E-state index in [1.165, 1.54) is 26.2 Å². The first-order valence-corrected chi connectivity index (χ1v) is 5.34. The highest BCUT2D eigenvalue weighted by Crippen LogP contribution is 2.22. The van der Waals surface area contributed by atoms with Crippen LogP contribution in [0.2, 0.25) is 0 Å². The van der Waals surface area contributed by atoms with Gasteiger partial charge in [0.1, 0.15) is 0 Å². The van der Waals surface area contributed by atoms with Crippen LogP contribution in [0.3, 0.4) is 0 Å². The van der Waals surface area contributed by atoms with Crippen LogP contribution in [0.15, 0.2) is 27.8 Å². The van der Waals surface area contributed by atoms with E-state index in [-0.39, 0.29) is 17.0 Å². The number of hydrogen-bond acceptors (Lipinski definition) is 4. The lowest BCUT2D eigenvalue weighted by Gasteiger charge is -2.11. The highest BCUT2D eigenvalue weighted by Gasteiger charge is 2.13. The number of benzene rings is 1. The molecule has 19 heavy (non-hydrogen) atoms. The Hall–Kier alpha value is -2.57. The van der Waals surface area contributed by atoms with Gasteiger partial charge in [0.15, 0.2) is 11.6 Å². The van der Waals surface area contributed by atoms with Crippen molar-refractivity contribution in [3.63, 3.8) is 0 Å². The van der Waals surface area contributed by atoms with Gasteiger partial charge >= 0.3 is 5.69 Å². The number of aromatic nitrogens is 2. The number of nitrogens with one attached hydrogen (secondary N) is 1. The molecule has 0 atom stereocenters. The van der Waals surface area contributed by atoms with E-state index in [1.54, 1.807) is 0 Å². The van der Waals surface area contributed by atoms with Crippen molar-refractivity contribution in [1.29, 1.82) is 0 Å². The van der Waals surface area contributed by atoms with Gasteiger partial charge in [-0.15, -0.1) is 0 Å². The summed E-state index contributed by atoms with van der Waals surface area (Å²) in [7, 11) is 1.28. The molecule has 7 heteroatoms. The molecule has 0 radical (unpaired) electrons. The Bertz CT molecular complexity index is 748. The lowest BCUT2D eigenvalue weighted by Crippen LogP contribution is -2.30. The summed E-state index contributed by atoms with van der Waals surface area (Å²) in [4.78, 5) is 25.1. The van der Waals surface area contributed by atoms with Gasteiger partial charge < -0.3 is 9.84 Å². The molecule has 6 nitrogen and oxygen atoms in total. The second-order valence-corrected chi connectivity index (χ2v) is 3.86. The van der Waals surface area contributed by atoms with Crippen molar-refractivity contribution in [2.75, 3.05) is 7.11 Å². The minimum atomic E-state index is -0.818. The van der Waals surface area contributed by atoms with Crippen LogP contribution in [0.25, 0.3) is 5.69 Å². The number of aromatic amines is 1. The van der Waals surface area contributed by atoms with E-state index < -0.39 is 22.9 Å². The molecule has 2 aromatic rings. The molecule has 0 aliphatic rings. The van der Waals surface area contributed by atoms with Gasteiger partial charge in [0.2, 0.25) is 5.88 Å². The highest BCUT2D eigenvalue weighted by molar-refractivity contribution is 5.43. The molecule has 0 saturated heterocycles. The number of rotatable bonds is 2. The minimum Gasteiger partial charge on any atom is -0.494 e. The van der Waals surface area contributed by atoms with Crippen LogP contribution in [-0.2, 0) is 0 Å². The van der Waals surface area contributed by atoms with Crippen LogP contribution in [0.4, 0.5) is 4.39 Å². The Kier molecular flexibility index (Phi) is 3.12. The maximum absolute atomic E-state index is 13.3. The molecule has 0 aliphatic carbocycles. The van der Waals surface area contributed by atoms with Gasteiger partial charge in [-0.2, -0.15) is 0 Å². The molecule has 1 aromatic heterocycles. The average Bonchev–Trinajstić information content (AvgIpc) is 2.38. The highest BCUT2D eigenvalue weighted by atomic mass is 19.1. The number of H-pyrrole nitrogens is 1. The molecule has 0 aliphatic heterocycles. The molecule has 0 spiro atoms.